The lowest BCUT2D eigenvalue weighted by Crippen LogP contribution is -2.47. The molecule has 124 heavy (non-hydrogen) atoms. The van der Waals surface area contributed by atoms with E-state index in [0.29, 0.717) is 52.5 Å². The van der Waals surface area contributed by atoms with Crippen LogP contribution in [0.5, 0.6) is 46.0 Å². The summed E-state index contributed by atoms with van der Waals surface area (Å²) in [4.78, 5) is 9.62. The standard InChI is InChI=1S/4C24H32N2O4S/c3*1-4-18-15-25(16-18)11-12-30-21-8-5-19(6-9-21)24-22-10-7-20(27)13-23(22)17(2)14-26(24)31(3,28)29;1-4-18-15-25(16-18)11-12-30-22-8-5-19(6-9-22)24-23-10-7-21(27)14-20(23)13-17(2)26(24)31(3,28)29/h3*5-10,13,17-18,24,27H,4,11-12,14-16H2,1-3H3;5-10,14,17-18,24,27H,4,11-13,15-16H2,1-3H3/t17-,24+;3*17-,24-/m1100/s1. The molecule has 16 rings (SSSR count). The summed E-state index contributed by atoms with van der Waals surface area (Å²) < 4.78 is 131. The molecule has 4 fully saturated rings. The van der Waals surface area contributed by atoms with Gasteiger partial charge in [-0.2, -0.15) is 17.2 Å². The van der Waals surface area contributed by atoms with Gasteiger partial charge in [0.25, 0.3) is 0 Å². The van der Waals surface area contributed by atoms with E-state index in [2.05, 4.69) is 47.3 Å². The van der Waals surface area contributed by atoms with Crippen LogP contribution in [0.15, 0.2) is 170 Å². The predicted molar refractivity (Wildman–Crippen MR) is 488 cm³/mol. The van der Waals surface area contributed by atoms with E-state index >= 15 is 0 Å². The van der Waals surface area contributed by atoms with Crippen molar-refractivity contribution in [2.24, 2.45) is 23.7 Å². The van der Waals surface area contributed by atoms with Gasteiger partial charge in [-0.15, -0.1) is 0 Å². The van der Waals surface area contributed by atoms with Crippen molar-refractivity contribution in [1.82, 2.24) is 36.8 Å². The van der Waals surface area contributed by atoms with E-state index in [4.69, 9.17) is 18.9 Å². The minimum Gasteiger partial charge on any atom is -0.508 e. The molecular formula is C96H128N8O16S4. The Labute approximate surface area is 736 Å². The zero-order chi connectivity index (χ0) is 88.7. The van der Waals surface area contributed by atoms with E-state index in [1.54, 1.807) is 65.8 Å². The maximum atomic E-state index is 12.7. The molecule has 8 aromatic carbocycles. The first-order valence-electron chi connectivity index (χ1n) is 44.0. The third-order valence-electron chi connectivity index (χ3n) is 26.1. The summed E-state index contributed by atoms with van der Waals surface area (Å²) in [6.45, 7) is 33.6. The van der Waals surface area contributed by atoms with Crippen molar-refractivity contribution in [3.05, 3.63) is 237 Å². The second-order valence-electron chi connectivity index (χ2n) is 35.6. The predicted octanol–water partition coefficient (Wildman–Crippen LogP) is 14.2. The monoisotopic (exact) mass is 1780 g/mol. The molecule has 0 bridgehead atoms. The molecule has 0 aromatic heterocycles. The first kappa shape index (κ1) is 93.3. The van der Waals surface area contributed by atoms with E-state index in [1.807, 2.05) is 149 Å². The number of phenolic OH excluding ortho intramolecular Hbond substituents is 4. The molecule has 8 atom stereocenters. The Morgan fingerprint density at radius 1 is 0.298 bits per heavy atom. The molecule has 0 amide bonds. The van der Waals surface area contributed by atoms with Gasteiger partial charge in [-0.1, -0.05) is 147 Å². The summed E-state index contributed by atoms with van der Waals surface area (Å²) in [7, 11) is -13.7. The van der Waals surface area contributed by atoms with Crippen molar-refractivity contribution in [2.45, 2.75) is 135 Å². The molecule has 0 radical (unpaired) electrons. The van der Waals surface area contributed by atoms with Crippen molar-refractivity contribution < 1.29 is 73.0 Å². The number of sulfonamides is 4. The number of nitrogens with zero attached hydrogens (tertiary/aromatic N) is 8. The number of fused-ring (bicyclic) bond motifs is 4. The van der Waals surface area contributed by atoms with Crippen LogP contribution in [0.4, 0.5) is 0 Å². The van der Waals surface area contributed by atoms with Crippen molar-refractivity contribution in [3.63, 3.8) is 0 Å². The van der Waals surface area contributed by atoms with Gasteiger partial charge < -0.3 is 39.4 Å². The fourth-order valence-corrected chi connectivity index (χ4v) is 23.6. The number of hydrogen-bond acceptors (Lipinski definition) is 20. The first-order valence-corrected chi connectivity index (χ1v) is 51.4. The second-order valence-corrected chi connectivity index (χ2v) is 43.3. The Morgan fingerprint density at radius 3 is 0.782 bits per heavy atom. The maximum absolute atomic E-state index is 12.7. The summed E-state index contributed by atoms with van der Waals surface area (Å²) in [6.07, 6.45) is 10.6. The Balaban J connectivity index is 0.000000142. The molecule has 0 spiro atoms. The van der Waals surface area contributed by atoms with Crippen molar-refractivity contribution in [2.75, 3.05) is 150 Å². The van der Waals surface area contributed by atoms with Crippen LogP contribution in [0.3, 0.4) is 0 Å². The van der Waals surface area contributed by atoms with Crippen molar-refractivity contribution in [3.8, 4) is 46.0 Å². The van der Waals surface area contributed by atoms with Gasteiger partial charge in [-0.3, -0.25) is 19.6 Å². The zero-order valence-corrected chi connectivity index (χ0v) is 77.2. The molecule has 672 valence electrons. The summed E-state index contributed by atoms with van der Waals surface area (Å²) in [5.41, 5.74) is 11.2. The molecule has 4 N–H and O–H groups in total. The molecule has 8 heterocycles. The third-order valence-corrected chi connectivity index (χ3v) is 31.1. The Kier molecular flexibility index (Phi) is 30.3. The smallest absolute Gasteiger partial charge is 0.212 e. The van der Waals surface area contributed by atoms with Gasteiger partial charge in [0.1, 0.15) is 72.4 Å². The third kappa shape index (κ3) is 22.8. The number of ether oxygens (including phenoxy) is 4. The van der Waals surface area contributed by atoms with Gasteiger partial charge in [0.05, 0.1) is 49.2 Å². The van der Waals surface area contributed by atoms with Gasteiger partial charge in [0.2, 0.25) is 40.1 Å². The lowest BCUT2D eigenvalue weighted by molar-refractivity contribution is 0.0806. The van der Waals surface area contributed by atoms with Crippen LogP contribution in [0.25, 0.3) is 0 Å². The molecule has 4 saturated heterocycles. The van der Waals surface area contributed by atoms with E-state index in [1.165, 1.54) is 50.7 Å². The quantitative estimate of drug-likeness (QED) is 0.0354. The Bertz CT molecular complexity index is 5000. The van der Waals surface area contributed by atoms with Crippen LogP contribution < -0.4 is 18.9 Å². The number of likely N-dealkylation sites (tertiary alicyclic amines) is 4. The number of aromatic hydroxyl groups is 4. The molecule has 8 aliphatic heterocycles. The average molecular weight is 1780 g/mol. The topological polar surface area (TPSA) is 280 Å². The minimum absolute atomic E-state index is 0.00416. The molecule has 0 saturated carbocycles. The van der Waals surface area contributed by atoms with E-state index < -0.39 is 64.3 Å². The summed E-state index contributed by atoms with van der Waals surface area (Å²) in [5, 5.41) is 39.7. The van der Waals surface area contributed by atoms with Crippen molar-refractivity contribution >= 4 is 40.1 Å². The zero-order valence-electron chi connectivity index (χ0n) is 74.0. The van der Waals surface area contributed by atoms with Gasteiger partial charge in [-0.05, 0) is 219 Å². The highest BCUT2D eigenvalue weighted by molar-refractivity contribution is 7.89. The Morgan fingerprint density at radius 2 is 0.540 bits per heavy atom. The fourth-order valence-electron chi connectivity index (χ4n) is 18.9. The van der Waals surface area contributed by atoms with Gasteiger partial charge in [-0.25, -0.2) is 33.7 Å². The molecular weight excluding hydrogens is 1650 g/mol. The summed E-state index contributed by atoms with van der Waals surface area (Å²) in [6, 6.07) is 49.9. The molecule has 0 aliphatic carbocycles. The lowest BCUT2D eigenvalue weighted by Gasteiger charge is -2.40. The van der Waals surface area contributed by atoms with E-state index in [0.717, 1.165) is 192 Å². The number of phenols is 4. The number of benzene rings is 8. The van der Waals surface area contributed by atoms with Crippen LogP contribution in [0.2, 0.25) is 0 Å². The highest BCUT2D eigenvalue weighted by Gasteiger charge is 2.43. The first-order chi connectivity index (χ1) is 59.0. The fraction of sp³-hybridized carbons (Fsp3) is 0.500. The van der Waals surface area contributed by atoms with Gasteiger partial charge in [0.15, 0.2) is 0 Å². The van der Waals surface area contributed by atoms with Crippen LogP contribution in [-0.2, 0) is 46.5 Å². The largest absolute Gasteiger partial charge is 0.508 e. The Hall–Kier alpha value is -8.36. The maximum Gasteiger partial charge on any atom is 0.212 e. The second kappa shape index (κ2) is 40.3. The van der Waals surface area contributed by atoms with Crippen molar-refractivity contribution in [1.29, 1.82) is 0 Å². The van der Waals surface area contributed by atoms with Gasteiger partial charge in [0, 0.05) is 104 Å². The number of rotatable bonds is 28. The van der Waals surface area contributed by atoms with E-state index in [9.17, 15) is 54.1 Å². The summed E-state index contributed by atoms with van der Waals surface area (Å²) >= 11 is 0. The molecule has 8 aromatic rings. The van der Waals surface area contributed by atoms with Crippen LogP contribution in [0, 0.1) is 23.7 Å². The van der Waals surface area contributed by atoms with Crippen LogP contribution in [-0.4, -0.2) is 247 Å². The number of hydrogen-bond donors (Lipinski definition) is 4. The van der Waals surface area contributed by atoms with Crippen LogP contribution >= 0.6 is 0 Å². The molecule has 0 unspecified atom stereocenters. The summed E-state index contributed by atoms with van der Waals surface area (Å²) in [5.74, 6) is 7.31. The van der Waals surface area contributed by atoms with Gasteiger partial charge >= 0.3 is 0 Å². The normalized spacial score (nSPS) is 22.7. The van der Waals surface area contributed by atoms with Crippen LogP contribution in [0.1, 0.15) is 190 Å². The highest BCUT2D eigenvalue weighted by atomic mass is 32.2. The molecule has 28 heteroatoms. The SMILES string of the molecule is CCC1CN(CCOc2ccc([C@@H]3c4ccc(O)cc4[C@H](C)CN3S(C)(=O)=O)cc2)C1.CCC1CN(CCOc2ccc([C@H]3c4ccc(O)cc4C[C@H](C)N3S(C)(=O)=O)cc2)C1.CCC1CN(CCOc2ccc([C@H]3c4ccc(O)cc4[C@@H](C)CN3S(C)(=O)=O)cc2)C1.CCC1CN(CCOc2ccc([C@H]3c4ccc(O)cc4[C@H](C)CN3S(C)(=O)=O)cc2)C1. The lowest BCUT2D eigenvalue weighted by atomic mass is 9.84. The average Bonchev–Trinajstić information content (AvgIpc) is 0.770. The minimum atomic E-state index is -3.43. The molecule has 8 aliphatic rings. The molecule has 24 nitrogen and oxygen atoms in total. The van der Waals surface area contributed by atoms with E-state index in [-0.39, 0.29) is 46.8 Å². The highest BCUT2D eigenvalue weighted by Crippen LogP contribution is 2.48.